The van der Waals surface area contributed by atoms with E-state index in [4.69, 9.17) is 11.6 Å². The van der Waals surface area contributed by atoms with Gasteiger partial charge in [0.05, 0.1) is 9.90 Å². The molecule has 0 saturated carbocycles. The monoisotopic (exact) mass is 381 g/mol. The number of aryl methyl sites for hydroxylation is 1. The fourth-order valence-electron chi connectivity index (χ4n) is 2.10. The minimum atomic E-state index is -4.07. The van der Waals surface area contributed by atoms with Gasteiger partial charge in [-0.25, -0.2) is 18.1 Å². The third-order valence-corrected chi connectivity index (χ3v) is 5.90. The first kappa shape index (κ1) is 16.7. The average molecular weight is 382 g/mol. The number of rotatable bonds is 4. The van der Waals surface area contributed by atoms with Crippen molar-refractivity contribution >= 4 is 38.9 Å². The number of amides is 1. The molecule has 0 atom stereocenters. The van der Waals surface area contributed by atoms with Crippen LogP contribution in [0.2, 0.25) is 5.02 Å². The number of carbonyl (C=O) groups excluding carboxylic acids is 1. The van der Waals surface area contributed by atoms with Gasteiger partial charge in [-0.05, 0) is 23.6 Å². The molecule has 0 unspecified atom stereocenters. The minimum Gasteiger partial charge on any atom is -0.333 e. The lowest BCUT2D eigenvalue weighted by Gasteiger charge is -2.06. The minimum absolute atomic E-state index is 0.0107. The van der Waals surface area contributed by atoms with E-state index in [0.29, 0.717) is 5.82 Å². The number of hydrogen-bond donors (Lipinski definition) is 1. The van der Waals surface area contributed by atoms with Gasteiger partial charge < -0.3 is 4.57 Å². The number of nitrogens with zero attached hydrogens (tertiary/aromatic N) is 2. The number of benzene rings is 1. The number of sulfonamides is 1. The predicted octanol–water partition coefficient (Wildman–Crippen LogP) is 2.92. The molecule has 0 bridgehead atoms. The molecule has 0 spiro atoms. The largest absolute Gasteiger partial charge is 0.333 e. The van der Waals surface area contributed by atoms with Crippen molar-refractivity contribution in [3.63, 3.8) is 0 Å². The second-order valence-corrected chi connectivity index (χ2v) is 7.91. The maximum Gasteiger partial charge on any atom is 0.285 e. The average Bonchev–Trinajstić information content (AvgIpc) is 3.16. The fourth-order valence-corrected chi connectivity index (χ4v) is 4.34. The molecule has 3 aromatic rings. The predicted molar refractivity (Wildman–Crippen MR) is 92.6 cm³/mol. The lowest BCUT2D eigenvalue weighted by molar-refractivity contribution is 0.0977. The van der Waals surface area contributed by atoms with Gasteiger partial charge >= 0.3 is 0 Å². The van der Waals surface area contributed by atoms with Gasteiger partial charge in [0.25, 0.3) is 15.9 Å². The van der Waals surface area contributed by atoms with E-state index in [2.05, 4.69) is 4.98 Å². The number of thiophene rings is 1. The van der Waals surface area contributed by atoms with Crippen LogP contribution in [0, 0.1) is 0 Å². The highest BCUT2D eigenvalue weighted by Crippen LogP contribution is 2.24. The number of imidazole rings is 1. The Morgan fingerprint density at radius 2 is 2.00 bits per heavy atom. The molecular formula is C15H12ClN3O3S2. The summed E-state index contributed by atoms with van der Waals surface area (Å²) >= 11 is 7.36. The topological polar surface area (TPSA) is 81.1 Å². The highest BCUT2D eigenvalue weighted by atomic mass is 35.5. The van der Waals surface area contributed by atoms with Crippen LogP contribution in [0.5, 0.6) is 0 Å². The molecule has 2 aromatic heterocycles. The van der Waals surface area contributed by atoms with Crippen molar-refractivity contribution in [1.29, 1.82) is 0 Å². The summed E-state index contributed by atoms with van der Waals surface area (Å²) in [5.74, 6) is -0.224. The van der Waals surface area contributed by atoms with Crippen LogP contribution >= 0.6 is 22.9 Å². The molecule has 24 heavy (non-hydrogen) atoms. The Morgan fingerprint density at radius 3 is 2.67 bits per heavy atom. The summed E-state index contributed by atoms with van der Waals surface area (Å²) in [5, 5.41) is 1.93. The molecule has 1 aromatic carbocycles. The third-order valence-electron chi connectivity index (χ3n) is 3.20. The van der Waals surface area contributed by atoms with Crippen molar-refractivity contribution in [2.24, 2.45) is 7.05 Å². The normalized spacial score (nSPS) is 11.4. The van der Waals surface area contributed by atoms with Gasteiger partial charge in [-0.2, -0.15) is 0 Å². The number of carbonyl (C=O) groups is 1. The Balaban J connectivity index is 1.88. The highest BCUT2D eigenvalue weighted by Gasteiger charge is 2.23. The van der Waals surface area contributed by atoms with E-state index in [1.165, 1.54) is 35.7 Å². The van der Waals surface area contributed by atoms with E-state index < -0.39 is 15.9 Å². The molecule has 0 radical (unpaired) electrons. The Bertz CT molecular complexity index is 995. The first-order valence-electron chi connectivity index (χ1n) is 6.77. The quantitative estimate of drug-likeness (QED) is 0.753. The van der Waals surface area contributed by atoms with Crippen molar-refractivity contribution in [3.8, 4) is 10.7 Å². The SMILES string of the molecule is Cn1cc(C(=O)NS(=O)(=O)c2ccccc2Cl)nc1-c1cccs1. The molecule has 6 nitrogen and oxygen atoms in total. The van der Waals surface area contributed by atoms with Crippen LogP contribution in [0.15, 0.2) is 52.9 Å². The fraction of sp³-hybridized carbons (Fsp3) is 0.0667. The van der Waals surface area contributed by atoms with Gasteiger partial charge in [0, 0.05) is 13.2 Å². The Morgan fingerprint density at radius 1 is 1.25 bits per heavy atom. The smallest absolute Gasteiger partial charge is 0.285 e. The first-order valence-corrected chi connectivity index (χ1v) is 9.51. The summed E-state index contributed by atoms with van der Waals surface area (Å²) < 4.78 is 28.3. The zero-order valence-corrected chi connectivity index (χ0v) is 14.8. The molecule has 124 valence electrons. The van der Waals surface area contributed by atoms with Crippen molar-refractivity contribution < 1.29 is 13.2 Å². The molecule has 3 rings (SSSR count). The lowest BCUT2D eigenvalue weighted by Crippen LogP contribution is -2.31. The van der Waals surface area contributed by atoms with E-state index in [9.17, 15) is 13.2 Å². The number of nitrogens with one attached hydrogen (secondary N) is 1. The zero-order chi connectivity index (χ0) is 17.3. The van der Waals surface area contributed by atoms with Crippen molar-refractivity contribution in [2.75, 3.05) is 0 Å². The third kappa shape index (κ3) is 3.21. The molecule has 0 fully saturated rings. The van der Waals surface area contributed by atoms with E-state index in [0.717, 1.165) is 4.88 Å². The summed E-state index contributed by atoms with van der Waals surface area (Å²) in [5.41, 5.74) is 0.0107. The van der Waals surface area contributed by atoms with Crippen LogP contribution in [0.3, 0.4) is 0 Å². The van der Waals surface area contributed by atoms with Gasteiger partial charge in [-0.3, -0.25) is 4.79 Å². The Kier molecular flexibility index (Phi) is 4.44. The maximum absolute atomic E-state index is 12.3. The number of hydrogen-bond acceptors (Lipinski definition) is 5. The van der Waals surface area contributed by atoms with Crippen LogP contribution in [0.25, 0.3) is 10.7 Å². The summed E-state index contributed by atoms with van der Waals surface area (Å²) in [4.78, 5) is 17.2. The molecule has 1 N–H and O–H groups in total. The number of halogens is 1. The van der Waals surface area contributed by atoms with E-state index in [1.54, 1.807) is 17.7 Å². The number of aromatic nitrogens is 2. The van der Waals surface area contributed by atoms with E-state index in [1.807, 2.05) is 22.2 Å². The van der Waals surface area contributed by atoms with Gasteiger partial charge in [0.1, 0.15) is 10.6 Å². The van der Waals surface area contributed by atoms with Crippen molar-refractivity contribution in [1.82, 2.24) is 14.3 Å². The molecule has 1 amide bonds. The summed E-state index contributed by atoms with van der Waals surface area (Å²) in [7, 11) is -2.34. The van der Waals surface area contributed by atoms with Crippen molar-refractivity contribution in [3.05, 3.63) is 58.7 Å². The first-order chi connectivity index (χ1) is 11.4. The van der Waals surface area contributed by atoms with Crippen LogP contribution < -0.4 is 4.72 Å². The lowest BCUT2D eigenvalue weighted by atomic mass is 10.4. The molecular weight excluding hydrogens is 370 g/mol. The Hall–Kier alpha value is -2.16. The van der Waals surface area contributed by atoms with Crippen LogP contribution in [-0.4, -0.2) is 23.9 Å². The summed E-state index contributed by atoms with van der Waals surface area (Å²) in [6, 6.07) is 9.64. The van der Waals surface area contributed by atoms with E-state index >= 15 is 0 Å². The molecule has 2 heterocycles. The van der Waals surface area contributed by atoms with Gasteiger partial charge in [0.15, 0.2) is 5.82 Å². The summed E-state index contributed by atoms with van der Waals surface area (Å²) in [6.45, 7) is 0. The highest BCUT2D eigenvalue weighted by molar-refractivity contribution is 7.90. The maximum atomic E-state index is 12.3. The van der Waals surface area contributed by atoms with Gasteiger partial charge in [-0.1, -0.05) is 29.8 Å². The molecule has 0 aliphatic rings. The van der Waals surface area contributed by atoms with Crippen molar-refractivity contribution in [2.45, 2.75) is 4.90 Å². The van der Waals surface area contributed by atoms with Gasteiger partial charge in [-0.15, -0.1) is 11.3 Å². The molecule has 0 aliphatic heterocycles. The van der Waals surface area contributed by atoms with Crippen LogP contribution in [0.4, 0.5) is 0 Å². The molecule has 9 heteroatoms. The van der Waals surface area contributed by atoms with Crippen LogP contribution in [0.1, 0.15) is 10.5 Å². The van der Waals surface area contributed by atoms with Crippen LogP contribution in [-0.2, 0) is 17.1 Å². The standard InChI is InChI=1S/C15H12ClN3O3S2/c1-19-9-11(17-14(19)12-6-4-8-23-12)15(20)18-24(21,22)13-7-3-2-5-10(13)16/h2-9H,1H3,(H,18,20). The second kappa shape index (κ2) is 6.39. The van der Waals surface area contributed by atoms with E-state index in [-0.39, 0.29) is 15.6 Å². The zero-order valence-electron chi connectivity index (χ0n) is 12.4. The molecule has 0 aliphatic carbocycles. The Labute approximate surface area is 147 Å². The van der Waals surface area contributed by atoms with Gasteiger partial charge in [0.2, 0.25) is 0 Å². The molecule has 0 saturated heterocycles. The second-order valence-electron chi connectivity index (χ2n) is 4.90. The summed E-state index contributed by atoms with van der Waals surface area (Å²) in [6.07, 6.45) is 1.48.